The molecule has 0 unspecified atom stereocenters. The summed E-state index contributed by atoms with van der Waals surface area (Å²) in [5.74, 6) is -1.14. The Morgan fingerprint density at radius 3 is 2.41 bits per heavy atom. The van der Waals surface area contributed by atoms with Crippen molar-refractivity contribution in [1.29, 1.82) is 5.26 Å². The van der Waals surface area contributed by atoms with Crippen LogP contribution in [0.15, 0.2) is 18.2 Å². The first kappa shape index (κ1) is 21.5. The zero-order valence-corrected chi connectivity index (χ0v) is 17.2. The summed E-state index contributed by atoms with van der Waals surface area (Å²) in [5, 5.41) is 12.9. The lowest BCUT2D eigenvalue weighted by Crippen LogP contribution is -2.54. The van der Waals surface area contributed by atoms with E-state index in [9.17, 15) is 19.2 Å². The van der Waals surface area contributed by atoms with E-state index in [1.54, 1.807) is 4.90 Å². The summed E-state index contributed by atoms with van der Waals surface area (Å²) in [4.78, 5) is 28.6. The minimum Gasteiger partial charge on any atom is -0.337 e. The fourth-order valence-corrected chi connectivity index (χ4v) is 4.22. The zero-order chi connectivity index (χ0) is 20.9. The summed E-state index contributed by atoms with van der Waals surface area (Å²) in [5.41, 5.74) is -0.789. The average molecular weight is 421 g/mol. The number of carbonyl (C=O) groups is 2. The van der Waals surface area contributed by atoms with Gasteiger partial charge in [0.2, 0.25) is 5.91 Å². The Bertz CT molecular complexity index is 794. The quantitative estimate of drug-likeness (QED) is 0.760. The van der Waals surface area contributed by atoms with Gasteiger partial charge in [-0.05, 0) is 31.0 Å². The van der Waals surface area contributed by atoms with Gasteiger partial charge in [0.15, 0.2) is 0 Å². The first-order valence-corrected chi connectivity index (χ1v) is 10.5. The van der Waals surface area contributed by atoms with Gasteiger partial charge >= 0.3 is 0 Å². The SMILES string of the molecule is N#CC1(NC(=O)CN2CCN(C(=O)c3cc(Cl)ccc3F)CC2)CCCCCC1. The molecule has 0 bridgehead atoms. The Morgan fingerprint density at radius 2 is 1.79 bits per heavy atom. The summed E-state index contributed by atoms with van der Waals surface area (Å²) in [6.07, 6.45) is 5.50. The van der Waals surface area contributed by atoms with Crippen LogP contribution >= 0.6 is 11.6 Å². The number of piperazine rings is 1. The van der Waals surface area contributed by atoms with E-state index in [4.69, 9.17) is 11.6 Å². The Kier molecular flexibility index (Phi) is 7.09. The lowest BCUT2D eigenvalue weighted by molar-refractivity contribution is -0.124. The molecular weight excluding hydrogens is 395 g/mol. The Morgan fingerprint density at radius 1 is 1.14 bits per heavy atom. The van der Waals surface area contributed by atoms with Crippen molar-refractivity contribution in [2.24, 2.45) is 0 Å². The second-order valence-electron chi connectivity index (χ2n) is 7.85. The molecule has 0 radical (unpaired) electrons. The van der Waals surface area contributed by atoms with E-state index in [0.29, 0.717) is 44.0 Å². The molecule has 6 nitrogen and oxygen atoms in total. The third-order valence-electron chi connectivity index (χ3n) is 5.74. The molecule has 0 atom stereocenters. The maximum Gasteiger partial charge on any atom is 0.256 e. The van der Waals surface area contributed by atoms with Crippen molar-refractivity contribution in [2.75, 3.05) is 32.7 Å². The van der Waals surface area contributed by atoms with Crippen molar-refractivity contribution in [3.05, 3.63) is 34.6 Å². The van der Waals surface area contributed by atoms with E-state index in [1.165, 1.54) is 18.2 Å². The predicted molar refractivity (Wildman–Crippen MR) is 108 cm³/mol. The summed E-state index contributed by atoms with van der Waals surface area (Å²) in [6, 6.07) is 6.26. The third kappa shape index (κ3) is 5.46. The van der Waals surface area contributed by atoms with Crippen molar-refractivity contribution < 1.29 is 14.0 Å². The van der Waals surface area contributed by atoms with Crippen LogP contribution in [0.25, 0.3) is 0 Å². The maximum absolute atomic E-state index is 13.9. The monoisotopic (exact) mass is 420 g/mol. The number of nitrogens with one attached hydrogen (secondary N) is 1. The van der Waals surface area contributed by atoms with Gasteiger partial charge in [-0.3, -0.25) is 14.5 Å². The molecule has 156 valence electrons. The second kappa shape index (κ2) is 9.55. The van der Waals surface area contributed by atoms with Gasteiger partial charge in [-0.25, -0.2) is 4.39 Å². The number of nitriles is 1. The van der Waals surface area contributed by atoms with E-state index < -0.39 is 17.3 Å². The van der Waals surface area contributed by atoms with Gasteiger partial charge in [-0.15, -0.1) is 0 Å². The van der Waals surface area contributed by atoms with Crippen LogP contribution in [0.2, 0.25) is 5.02 Å². The van der Waals surface area contributed by atoms with Crippen molar-refractivity contribution in [2.45, 2.75) is 44.1 Å². The molecule has 1 saturated heterocycles. The van der Waals surface area contributed by atoms with Crippen molar-refractivity contribution >= 4 is 23.4 Å². The maximum atomic E-state index is 13.9. The molecule has 1 aromatic carbocycles. The summed E-state index contributed by atoms with van der Waals surface area (Å²) < 4.78 is 13.9. The average Bonchev–Trinajstić information content (AvgIpc) is 2.96. The van der Waals surface area contributed by atoms with Crippen molar-refractivity contribution in [3.63, 3.8) is 0 Å². The molecular formula is C21H26ClFN4O2. The number of hydrogen-bond donors (Lipinski definition) is 1. The molecule has 1 heterocycles. The summed E-state index contributed by atoms with van der Waals surface area (Å²) in [6.45, 7) is 2.03. The molecule has 1 N–H and O–H groups in total. The third-order valence-corrected chi connectivity index (χ3v) is 5.97. The highest BCUT2D eigenvalue weighted by atomic mass is 35.5. The largest absolute Gasteiger partial charge is 0.337 e. The van der Waals surface area contributed by atoms with Crippen molar-refractivity contribution in [3.8, 4) is 6.07 Å². The zero-order valence-electron chi connectivity index (χ0n) is 16.4. The van der Waals surface area contributed by atoms with E-state index >= 15 is 0 Å². The molecule has 2 amide bonds. The number of carbonyl (C=O) groups excluding carboxylic acids is 2. The van der Waals surface area contributed by atoms with Gasteiger partial charge in [0.05, 0.1) is 18.2 Å². The number of nitrogens with zero attached hydrogens (tertiary/aromatic N) is 3. The van der Waals surface area contributed by atoms with Crippen LogP contribution < -0.4 is 5.32 Å². The Balaban J connectivity index is 1.51. The molecule has 3 rings (SSSR count). The van der Waals surface area contributed by atoms with Crippen LogP contribution in [-0.4, -0.2) is 59.9 Å². The molecule has 1 aromatic rings. The first-order valence-electron chi connectivity index (χ1n) is 10.1. The molecule has 29 heavy (non-hydrogen) atoms. The number of rotatable bonds is 4. The summed E-state index contributed by atoms with van der Waals surface area (Å²) in [7, 11) is 0. The van der Waals surface area contributed by atoms with Gasteiger partial charge in [-0.2, -0.15) is 5.26 Å². The van der Waals surface area contributed by atoms with Gasteiger partial charge in [0, 0.05) is 31.2 Å². The van der Waals surface area contributed by atoms with E-state index in [1.807, 2.05) is 4.90 Å². The standard InChI is InChI=1S/C21H26ClFN4O2/c22-16-5-6-18(23)17(13-16)20(29)27-11-9-26(10-12-27)14-19(28)25-21(15-24)7-3-1-2-4-8-21/h5-6,13H,1-4,7-12,14H2,(H,25,28). The minimum atomic E-state index is -0.754. The van der Waals surface area contributed by atoms with Gasteiger partial charge in [0.25, 0.3) is 5.91 Å². The first-order chi connectivity index (χ1) is 13.9. The normalized spacial score (nSPS) is 19.8. The van der Waals surface area contributed by atoms with Gasteiger partial charge in [0.1, 0.15) is 11.4 Å². The molecule has 0 aromatic heterocycles. The van der Waals surface area contributed by atoms with Crippen LogP contribution in [0, 0.1) is 17.1 Å². The van der Waals surface area contributed by atoms with E-state index in [-0.39, 0.29) is 18.0 Å². The lowest BCUT2D eigenvalue weighted by Gasteiger charge is -2.35. The highest BCUT2D eigenvalue weighted by molar-refractivity contribution is 6.31. The van der Waals surface area contributed by atoms with Crippen LogP contribution in [0.3, 0.4) is 0 Å². The molecule has 1 saturated carbocycles. The molecule has 2 fully saturated rings. The van der Waals surface area contributed by atoms with E-state index in [0.717, 1.165) is 25.7 Å². The van der Waals surface area contributed by atoms with Crippen LogP contribution in [0.1, 0.15) is 48.9 Å². The fraction of sp³-hybridized carbons (Fsp3) is 0.571. The Labute approximate surface area is 175 Å². The smallest absolute Gasteiger partial charge is 0.256 e. The number of halogens is 2. The summed E-state index contributed by atoms with van der Waals surface area (Å²) >= 11 is 5.88. The van der Waals surface area contributed by atoms with E-state index in [2.05, 4.69) is 11.4 Å². The van der Waals surface area contributed by atoms with Crippen LogP contribution in [0.4, 0.5) is 4.39 Å². The lowest BCUT2D eigenvalue weighted by atomic mass is 9.92. The number of hydrogen-bond acceptors (Lipinski definition) is 4. The highest BCUT2D eigenvalue weighted by Crippen LogP contribution is 2.26. The Hall–Kier alpha value is -2.17. The molecule has 1 aliphatic carbocycles. The fourth-order valence-electron chi connectivity index (χ4n) is 4.05. The topological polar surface area (TPSA) is 76.4 Å². The van der Waals surface area contributed by atoms with Gasteiger partial charge in [-0.1, -0.05) is 37.3 Å². The molecule has 1 aliphatic heterocycles. The second-order valence-corrected chi connectivity index (χ2v) is 8.29. The molecule has 2 aliphatic rings. The number of benzene rings is 1. The van der Waals surface area contributed by atoms with Gasteiger partial charge < -0.3 is 10.2 Å². The van der Waals surface area contributed by atoms with Crippen LogP contribution in [-0.2, 0) is 4.79 Å². The van der Waals surface area contributed by atoms with Crippen molar-refractivity contribution in [1.82, 2.24) is 15.1 Å². The predicted octanol–water partition coefficient (Wildman–Crippen LogP) is 2.97. The molecule has 8 heteroatoms. The minimum absolute atomic E-state index is 0.0342. The molecule has 0 spiro atoms. The van der Waals surface area contributed by atoms with Crippen LogP contribution in [0.5, 0.6) is 0 Å². The number of amides is 2. The highest BCUT2D eigenvalue weighted by Gasteiger charge is 2.33.